The number of thiophene rings is 1. The van der Waals surface area contributed by atoms with Gasteiger partial charge in [0, 0.05) is 6.54 Å². The smallest absolute Gasteiger partial charge is 0.238 e. The van der Waals surface area contributed by atoms with E-state index in [1.165, 1.54) is 18.4 Å². The molecule has 2 saturated heterocycles. The first-order chi connectivity index (χ1) is 7.36. The number of carbonyl (C=O) groups is 1. The van der Waals surface area contributed by atoms with Crippen molar-refractivity contribution in [2.75, 3.05) is 6.54 Å². The SMILES string of the molecule is O=C1NC(c2ccsc2)N2CCCCC12. The number of hydrogen-bond acceptors (Lipinski definition) is 3. The van der Waals surface area contributed by atoms with Crippen LogP contribution in [0.4, 0.5) is 0 Å². The van der Waals surface area contributed by atoms with Crippen molar-refractivity contribution >= 4 is 17.2 Å². The molecular formula is C11H14N2OS. The van der Waals surface area contributed by atoms with Gasteiger partial charge in [-0.25, -0.2) is 0 Å². The van der Waals surface area contributed by atoms with Gasteiger partial charge < -0.3 is 5.32 Å². The highest BCUT2D eigenvalue weighted by Crippen LogP contribution is 2.32. The first kappa shape index (κ1) is 9.36. The Bertz CT molecular complexity index is 363. The van der Waals surface area contributed by atoms with Crippen molar-refractivity contribution < 1.29 is 4.79 Å². The zero-order valence-electron chi connectivity index (χ0n) is 8.48. The summed E-state index contributed by atoms with van der Waals surface area (Å²) < 4.78 is 0. The molecule has 0 aliphatic carbocycles. The van der Waals surface area contributed by atoms with Crippen LogP contribution in [-0.2, 0) is 4.79 Å². The van der Waals surface area contributed by atoms with Crippen LogP contribution in [0.5, 0.6) is 0 Å². The molecule has 1 amide bonds. The van der Waals surface area contributed by atoms with Crippen LogP contribution in [0.15, 0.2) is 16.8 Å². The second kappa shape index (κ2) is 3.61. The summed E-state index contributed by atoms with van der Waals surface area (Å²) in [7, 11) is 0. The zero-order chi connectivity index (χ0) is 10.3. The summed E-state index contributed by atoms with van der Waals surface area (Å²) in [5.41, 5.74) is 1.23. The summed E-state index contributed by atoms with van der Waals surface area (Å²) >= 11 is 1.69. The van der Waals surface area contributed by atoms with Gasteiger partial charge in [0.15, 0.2) is 0 Å². The average molecular weight is 222 g/mol. The molecule has 3 rings (SSSR count). The predicted molar refractivity (Wildman–Crippen MR) is 59.5 cm³/mol. The summed E-state index contributed by atoms with van der Waals surface area (Å²) in [5.74, 6) is 0.214. The molecule has 4 heteroatoms. The van der Waals surface area contributed by atoms with Crippen LogP contribution >= 0.6 is 11.3 Å². The van der Waals surface area contributed by atoms with Crippen LogP contribution in [0.3, 0.4) is 0 Å². The van der Waals surface area contributed by atoms with Crippen LogP contribution in [0.1, 0.15) is 31.0 Å². The summed E-state index contributed by atoms with van der Waals surface area (Å²) in [5, 5.41) is 7.29. The summed E-state index contributed by atoms with van der Waals surface area (Å²) in [6, 6.07) is 2.23. The van der Waals surface area contributed by atoms with Gasteiger partial charge >= 0.3 is 0 Å². The van der Waals surface area contributed by atoms with E-state index in [-0.39, 0.29) is 18.1 Å². The second-order valence-electron chi connectivity index (χ2n) is 4.22. The number of hydrogen-bond donors (Lipinski definition) is 1. The molecule has 0 aromatic carbocycles. The highest BCUT2D eigenvalue weighted by molar-refractivity contribution is 7.07. The lowest BCUT2D eigenvalue weighted by atomic mass is 10.0. The van der Waals surface area contributed by atoms with Crippen molar-refractivity contribution in [3.8, 4) is 0 Å². The summed E-state index contributed by atoms with van der Waals surface area (Å²) in [6.07, 6.45) is 3.55. The van der Waals surface area contributed by atoms with Gasteiger partial charge in [-0.2, -0.15) is 11.3 Å². The monoisotopic (exact) mass is 222 g/mol. The topological polar surface area (TPSA) is 32.3 Å². The van der Waals surface area contributed by atoms with Crippen molar-refractivity contribution in [2.24, 2.45) is 0 Å². The molecule has 2 atom stereocenters. The average Bonchev–Trinajstić information content (AvgIpc) is 2.87. The van der Waals surface area contributed by atoms with Gasteiger partial charge in [-0.3, -0.25) is 9.69 Å². The highest BCUT2D eigenvalue weighted by Gasteiger charge is 2.41. The molecule has 15 heavy (non-hydrogen) atoms. The minimum absolute atomic E-state index is 0.128. The second-order valence-corrected chi connectivity index (χ2v) is 5.00. The number of amides is 1. The Balaban J connectivity index is 1.88. The molecule has 2 unspecified atom stereocenters. The van der Waals surface area contributed by atoms with Crippen LogP contribution < -0.4 is 5.32 Å². The maximum Gasteiger partial charge on any atom is 0.238 e. The maximum atomic E-state index is 11.8. The number of carbonyl (C=O) groups excluding carboxylic acids is 1. The van der Waals surface area contributed by atoms with Crippen molar-refractivity contribution in [3.05, 3.63) is 22.4 Å². The molecule has 2 aliphatic heterocycles. The Morgan fingerprint density at radius 2 is 2.40 bits per heavy atom. The van der Waals surface area contributed by atoms with Gasteiger partial charge in [0.1, 0.15) is 6.17 Å². The van der Waals surface area contributed by atoms with E-state index in [0.717, 1.165) is 13.0 Å². The molecule has 3 nitrogen and oxygen atoms in total. The lowest BCUT2D eigenvalue weighted by molar-refractivity contribution is -0.122. The lowest BCUT2D eigenvalue weighted by Crippen LogP contribution is -2.38. The van der Waals surface area contributed by atoms with Crippen LogP contribution in [0, 0.1) is 0 Å². The minimum Gasteiger partial charge on any atom is -0.335 e. The quantitative estimate of drug-likeness (QED) is 0.785. The van der Waals surface area contributed by atoms with Crippen molar-refractivity contribution in [1.82, 2.24) is 10.2 Å². The first-order valence-corrected chi connectivity index (χ1v) is 6.39. The number of nitrogens with zero attached hydrogens (tertiary/aromatic N) is 1. The number of fused-ring (bicyclic) bond motifs is 1. The fraction of sp³-hybridized carbons (Fsp3) is 0.545. The van der Waals surface area contributed by atoms with E-state index in [1.54, 1.807) is 11.3 Å². The lowest BCUT2D eigenvalue weighted by Gasteiger charge is -2.30. The first-order valence-electron chi connectivity index (χ1n) is 5.44. The fourth-order valence-corrected chi connectivity index (χ4v) is 3.24. The Morgan fingerprint density at radius 1 is 1.47 bits per heavy atom. The zero-order valence-corrected chi connectivity index (χ0v) is 9.30. The van der Waals surface area contributed by atoms with E-state index in [1.807, 2.05) is 0 Å². The summed E-state index contributed by atoms with van der Waals surface area (Å²) in [6.45, 7) is 1.05. The van der Waals surface area contributed by atoms with Crippen LogP contribution in [0.2, 0.25) is 0 Å². The molecule has 1 aromatic rings. The van der Waals surface area contributed by atoms with Gasteiger partial charge in [0.05, 0.1) is 6.04 Å². The van der Waals surface area contributed by atoms with E-state index in [2.05, 4.69) is 27.0 Å². The van der Waals surface area contributed by atoms with Crippen LogP contribution in [0.25, 0.3) is 0 Å². The molecule has 0 radical (unpaired) electrons. The molecule has 2 fully saturated rings. The van der Waals surface area contributed by atoms with Gasteiger partial charge in [-0.15, -0.1) is 0 Å². The Hall–Kier alpha value is -0.870. The molecule has 1 N–H and O–H groups in total. The van der Waals surface area contributed by atoms with Crippen molar-refractivity contribution in [1.29, 1.82) is 0 Å². The van der Waals surface area contributed by atoms with Gasteiger partial charge in [-0.1, -0.05) is 6.42 Å². The Kier molecular flexibility index (Phi) is 2.25. The molecule has 2 aliphatic rings. The van der Waals surface area contributed by atoms with Gasteiger partial charge in [-0.05, 0) is 35.2 Å². The third-order valence-corrected chi connectivity index (χ3v) is 4.02. The van der Waals surface area contributed by atoms with Crippen LogP contribution in [-0.4, -0.2) is 23.4 Å². The Labute approximate surface area is 93.1 Å². The molecule has 1 aromatic heterocycles. The van der Waals surface area contributed by atoms with Crippen molar-refractivity contribution in [3.63, 3.8) is 0 Å². The van der Waals surface area contributed by atoms with E-state index in [0.29, 0.717) is 0 Å². The number of nitrogens with one attached hydrogen (secondary N) is 1. The molecule has 80 valence electrons. The standard InChI is InChI=1S/C11H14N2OS/c14-11-9-3-1-2-5-13(9)10(12-11)8-4-6-15-7-8/h4,6-7,9-10H,1-3,5H2,(H,12,14). The largest absolute Gasteiger partial charge is 0.335 e. The molecular weight excluding hydrogens is 208 g/mol. The van der Waals surface area contributed by atoms with E-state index in [4.69, 9.17) is 0 Å². The molecule has 0 bridgehead atoms. The Morgan fingerprint density at radius 3 is 3.20 bits per heavy atom. The highest BCUT2D eigenvalue weighted by atomic mass is 32.1. The third kappa shape index (κ3) is 1.48. The number of rotatable bonds is 1. The van der Waals surface area contributed by atoms with E-state index in [9.17, 15) is 4.79 Å². The van der Waals surface area contributed by atoms with E-state index < -0.39 is 0 Å². The predicted octanol–water partition coefficient (Wildman–Crippen LogP) is 1.73. The minimum atomic E-state index is 0.128. The normalized spacial score (nSPS) is 31.3. The molecule has 0 saturated carbocycles. The molecule has 0 spiro atoms. The maximum absolute atomic E-state index is 11.8. The number of piperidine rings is 1. The molecule has 3 heterocycles. The third-order valence-electron chi connectivity index (χ3n) is 3.32. The fourth-order valence-electron chi connectivity index (χ4n) is 2.56. The van der Waals surface area contributed by atoms with Crippen molar-refractivity contribution in [2.45, 2.75) is 31.5 Å². The summed E-state index contributed by atoms with van der Waals surface area (Å²) in [4.78, 5) is 14.1. The van der Waals surface area contributed by atoms with Gasteiger partial charge in [0.2, 0.25) is 5.91 Å². The van der Waals surface area contributed by atoms with E-state index >= 15 is 0 Å². The van der Waals surface area contributed by atoms with Gasteiger partial charge in [0.25, 0.3) is 0 Å².